The number of allylic oxidation sites excluding steroid dienone is 1. The molecule has 1 nitrogen and oxygen atoms in total. The average molecular weight is 212 g/mol. The monoisotopic (exact) mass is 212 g/mol. The minimum atomic E-state index is -0.533. The Kier molecular flexibility index (Phi) is 3.83. The third kappa shape index (κ3) is 3.05. The van der Waals surface area contributed by atoms with E-state index in [1.165, 1.54) is 19.1 Å². The highest BCUT2D eigenvalue weighted by Crippen LogP contribution is 2.16. The van der Waals surface area contributed by atoms with Crippen LogP contribution in [0.1, 0.15) is 18.1 Å². The maximum absolute atomic E-state index is 13.2. The zero-order valence-corrected chi connectivity index (χ0v) is 8.94. The Morgan fingerprint density at radius 2 is 1.87 bits per heavy atom. The first kappa shape index (κ1) is 11.7. The number of rotatable bonds is 4. The minimum Gasteiger partial charge on any atom is -0.498 e. The van der Waals surface area contributed by atoms with Crippen LogP contribution in [0.3, 0.4) is 0 Å². The standard InChI is InChI=1S/C12H14F2O/c1-4-15-8(2)5-10-6-11(13)9(3)12(14)7-10/h6-7H,2,4-5H2,1,3H3. The molecule has 0 radical (unpaired) electrons. The summed E-state index contributed by atoms with van der Waals surface area (Å²) >= 11 is 0. The highest BCUT2D eigenvalue weighted by atomic mass is 19.1. The largest absolute Gasteiger partial charge is 0.498 e. The molecule has 3 heteroatoms. The molecule has 0 aliphatic carbocycles. The number of hydrogen-bond acceptors (Lipinski definition) is 1. The Labute approximate surface area is 88.4 Å². The van der Waals surface area contributed by atoms with Gasteiger partial charge in [0, 0.05) is 12.0 Å². The molecule has 0 spiro atoms. The van der Waals surface area contributed by atoms with Gasteiger partial charge in [-0.15, -0.1) is 0 Å². The molecule has 0 aliphatic heterocycles. The minimum absolute atomic E-state index is 0.0424. The fourth-order valence-corrected chi connectivity index (χ4v) is 1.28. The van der Waals surface area contributed by atoms with Crippen LogP contribution in [0.5, 0.6) is 0 Å². The van der Waals surface area contributed by atoms with Crippen molar-refractivity contribution in [3.63, 3.8) is 0 Å². The van der Waals surface area contributed by atoms with Gasteiger partial charge >= 0.3 is 0 Å². The second-order valence-corrected chi connectivity index (χ2v) is 3.33. The lowest BCUT2D eigenvalue weighted by molar-refractivity contribution is 0.225. The summed E-state index contributed by atoms with van der Waals surface area (Å²) in [6.45, 7) is 7.41. The molecule has 0 aliphatic rings. The van der Waals surface area contributed by atoms with Crippen molar-refractivity contribution in [3.05, 3.63) is 47.2 Å². The molecule has 1 rings (SSSR count). The molecule has 82 valence electrons. The Bertz CT molecular complexity index is 349. The number of hydrogen-bond donors (Lipinski definition) is 0. The van der Waals surface area contributed by atoms with Gasteiger partial charge in [0.25, 0.3) is 0 Å². The topological polar surface area (TPSA) is 9.23 Å². The van der Waals surface area contributed by atoms with Gasteiger partial charge in [0.1, 0.15) is 11.6 Å². The third-order valence-electron chi connectivity index (χ3n) is 2.09. The van der Waals surface area contributed by atoms with E-state index in [2.05, 4.69) is 6.58 Å². The number of benzene rings is 1. The van der Waals surface area contributed by atoms with Crippen LogP contribution in [0.2, 0.25) is 0 Å². The molecule has 0 unspecified atom stereocenters. The van der Waals surface area contributed by atoms with Crippen molar-refractivity contribution in [2.24, 2.45) is 0 Å². The zero-order chi connectivity index (χ0) is 11.4. The van der Waals surface area contributed by atoms with Gasteiger partial charge in [0.05, 0.1) is 12.4 Å². The van der Waals surface area contributed by atoms with Crippen molar-refractivity contribution in [3.8, 4) is 0 Å². The quantitative estimate of drug-likeness (QED) is 0.695. The van der Waals surface area contributed by atoms with Crippen LogP contribution in [0.4, 0.5) is 8.78 Å². The lowest BCUT2D eigenvalue weighted by atomic mass is 10.1. The van der Waals surface area contributed by atoms with E-state index in [-0.39, 0.29) is 5.56 Å². The molecule has 0 fully saturated rings. The van der Waals surface area contributed by atoms with Crippen LogP contribution in [0, 0.1) is 18.6 Å². The smallest absolute Gasteiger partial charge is 0.129 e. The van der Waals surface area contributed by atoms with E-state index in [4.69, 9.17) is 4.74 Å². The fraction of sp³-hybridized carbons (Fsp3) is 0.333. The van der Waals surface area contributed by atoms with E-state index >= 15 is 0 Å². The van der Waals surface area contributed by atoms with E-state index in [0.29, 0.717) is 24.4 Å². The van der Waals surface area contributed by atoms with E-state index in [1.54, 1.807) is 0 Å². The van der Waals surface area contributed by atoms with Gasteiger partial charge in [-0.25, -0.2) is 8.78 Å². The first-order chi connectivity index (χ1) is 7.04. The molecule has 0 atom stereocenters. The van der Waals surface area contributed by atoms with Crippen LogP contribution in [0.25, 0.3) is 0 Å². The molecular formula is C12H14F2O. The SMILES string of the molecule is C=C(Cc1cc(F)c(C)c(F)c1)OCC. The lowest BCUT2D eigenvalue weighted by Gasteiger charge is -2.08. The first-order valence-corrected chi connectivity index (χ1v) is 4.79. The van der Waals surface area contributed by atoms with Gasteiger partial charge in [-0.2, -0.15) is 0 Å². The molecule has 0 N–H and O–H groups in total. The number of halogens is 2. The highest BCUT2D eigenvalue weighted by molar-refractivity contribution is 5.27. The molecule has 1 aromatic carbocycles. The fourth-order valence-electron chi connectivity index (χ4n) is 1.28. The van der Waals surface area contributed by atoms with Gasteiger partial charge in [-0.1, -0.05) is 6.58 Å². The van der Waals surface area contributed by atoms with Crippen LogP contribution in [0.15, 0.2) is 24.5 Å². The highest BCUT2D eigenvalue weighted by Gasteiger charge is 2.07. The van der Waals surface area contributed by atoms with Gasteiger partial charge in [0.2, 0.25) is 0 Å². The first-order valence-electron chi connectivity index (χ1n) is 4.79. The van der Waals surface area contributed by atoms with Gasteiger partial charge in [-0.05, 0) is 31.5 Å². The van der Waals surface area contributed by atoms with E-state index in [1.807, 2.05) is 6.92 Å². The maximum Gasteiger partial charge on any atom is 0.129 e. The van der Waals surface area contributed by atoms with Crippen molar-refractivity contribution in [1.29, 1.82) is 0 Å². The van der Waals surface area contributed by atoms with Gasteiger partial charge in [0.15, 0.2) is 0 Å². The van der Waals surface area contributed by atoms with Crippen LogP contribution < -0.4 is 0 Å². The molecule has 0 bridgehead atoms. The van der Waals surface area contributed by atoms with Crippen LogP contribution in [-0.2, 0) is 11.2 Å². The lowest BCUT2D eigenvalue weighted by Crippen LogP contribution is -1.98. The summed E-state index contributed by atoms with van der Waals surface area (Å²) in [5.74, 6) is -0.552. The Morgan fingerprint density at radius 3 is 2.33 bits per heavy atom. The molecule has 0 saturated carbocycles. The molecule has 0 aromatic heterocycles. The second kappa shape index (κ2) is 4.91. The van der Waals surface area contributed by atoms with Crippen molar-refractivity contribution >= 4 is 0 Å². The summed E-state index contributed by atoms with van der Waals surface area (Å²) in [7, 11) is 0. The molecule has 15 heavy (non-hydrogen) atoms. The van der Waals surface area contributed by atoms with Gasteiger partial charge < -0.3 is 4.74 Å². The predicted molar refractivity (Wildman–Crippen MR) is 55.6 cm³/mol. The summed E-state index contributed by atoms with van der Waals surface area (Å²) in [5, 5.41) is 0. The normalized spacial score (nSPS) is 10.1. The average Bonchev–Trinajstić information content (AvgIpc) is 2.14. The van der Waals surface area contributed by atoms with Crippen LogP contribution >= 0.6 is 0 Å². The second-order valence-electron chi connectivity index (χ2n) is 3.33. The summed E-state index contributed by atoms with van der Waals surface area (Å²) in [6.07, 6.45) is 0.335. The predicted octanol–water partition coefficient (Wildman–Crippen LogP) is 3.37. The van der Waals surface area contributed by atoms with E-state index in [0.717, 1.165) is 0 Å². The zero-order valence-electron chi connectivity index (χ0n) is 8.94. The van der Waals surface area contributed by atoms with Crippen molar-refractivity contribution < 1.29 is 13.5 Å². The molecule has 0 heterocycles. The van der Waals surface area contributed by atoms with E-state index < -0.39 is 11.6 Å². The van der Waals surface area contributed by atoms with Crippen molar-refractivity contribution in [2.75, 3.05) is 6.61 Å². The maximum atomic E-state index is 13.2. The van der Waals surface area contributed by atoms with Crippen molar-refractivity contribution in [1.82, 2.24) is 0 Å². The van der Waals surface area contributed by atoms with E-state index in [9.17, 15) is 8.78 Å². The molecule has 0 amide bonds. The molecule has 0 saturated heterocycles. The molecular weight excluding hydrogens is 198 g/mol. The molecule has 1 aromatic rings. The Morgan fingerprint density at radius 1 is 1.33 bits per heavy atom. The Balaban J connectivity index is 2.83. The Hall–Kier alpha value is -1.38. The summed E-state index contributed by atoms with van der Waals surface area (Å²) in [4.78, 5) is 0. The summed E-state index contributed by atoms with van der Waals surface area (Å²) in [5.41, 5.74) is 0.579. The summed E-state index contributed by atoms with van der Waals surface area (Å²) < 4.78 is 31.4. The third-order valence-corrected chi connectivity index (χ3v) is 2.09. The summed E-state index contributed by atoms with van der Waals surface area (Å²) in [6, 6.07) is 2.62. The van der Waals surface area contributed by atoms with Crippen LogP contribution in [-0.4, -0.2) is 6.61 Å². The van der Waals surface area contributed by atoms with Crippen molar-refractivity contribution in [2.45, 2.75) is 20.3 Å². The van der Waals surface area contributed by atoms with Gasteiger partial charge in [-0.3, -0.25) is 0 Å². The number of ether oxygens (including phenoxy) is 1.